The zero-order chi connectivity index (χ0) is 23.0. The molecule has 0 spiro atoms. The van der Waals surface area contributed by atoms with Gasteiger partial charge in [0.2, 0.25) is 5.91 Å². The average Bonchev–Trinajstić information content (AvgIpc) is 3.30. The molecule has 0 radical (unpaired) electrons. The Bertz CT molecular complexity index is 1070. The van der Waals surface area contributed by atoms with Gasteiger partial charge in [0.25, 0.3) is 5.91 Å². The van der Waals surface area contributed by atoms with Crippen LogP contribution in [0.4, 0.5) is 13.2 Å². The molecule has 32 heavy (non-hydrogen) atoms. The van der Waals surface area contributed by atoms with Gasteiger partial charge in [0.15, 0.2) is 5.78 Å². The molecule has 1 unspecified atom stereocenters. The van der Waals surface area contributed by atoms with E-state index in [1.54, 1.807) is 11.8 Å². The van der Waals surface area contributed by atoms with Gasteiger partial charge in [0.1, 0.15) is 5.69 Å². The third-order valence-electron chi connectivity index (χ3n) is 6.16. The molecule has 0 bridgehead atoms. The zero-order valence-electron chi connectivity index (χ0n) is 17.6. The van der Waals surface area contributed by atoms with Gasteiger partial charge in [-0.1, -0.05) is 12.1 Å². The van der Waals surface area contributed by atoms with Gasteiger partial charge in [0, 0.05) is 37.2 Å². The van der Waals surface area contributed by atoms with E-state index in [0.717, 1.165) is 12.1 Å². The van der Waals surface area contributed by atoms with Crippen LogP contribution < -0.4 is 5.32 Å². The van der Waals surface area contributed by atoms with Crippen LogP contribution in [0.2, 0.25) is 0 Å². The van der Waals surface area contributed by atoms with Gasteiger partial charge < -0.3 is 15.2 Å². The van der Waals surface area contributed by atoms with Crippen molar-refractivity contribution < 1.29 is 27.6 Å². The fourth-order valence-corrected chi connectivity index (χ4v) is 4.52. The van der Waals surface area contributed by atoms with E-state index in [4.69, 9.17) is 0 Å². The fourth-order valence-electron chi connectivity index (χ4n) is 4.52. The first-order valence-electron chi connectivity index (χ1n) is 10.7. The van der Waals surface area contributed by atoms with Crippen LogP contribution in [0.15, 0.2) is 24.3 Å². The minimum absolute atomic E-state index is 0.0175. The SMILES string of the molecule is Cc1c(C(=O)NC(CN2CCCC2=O)c2cccc(C(F)(F)F)c2)[nH]c2c1C(=O)CCC2. The summed E-state index contributed by atoms with van der Waals surface area (Å²) in [5, 5.41) is 2.80. The van der Waals surface area contributed by atoms with Gasteiger partial charge in [-0.05, 0) is 49.4 Å². The van der Waals surface area contributed by atoms with Crippen molar-refractivity contribution in [3.8, 4) is 0 Å². The molecule has 1 aromatic heterocycles. The van der Waals surface area contributed by atoms with Crippen molar-refractivity contribution in [2.24, 2.45) is 0 Å². The van der Waals surface area contributed by atoms with E-state index in [1.807, 2.05) is 0 Å². The summed E-state index contributed by atoms with van der Waals surface area (Å²) in [7, 11) is 0. The number of amides is 2. The number of hydrogen-bond donors (Lipinski definition) is 2. The third-order valence-corrected chi connectivity index (χ3v) is 6.16. The number of carbonyl (C=O) groups is 3. The molecule has 2 aromatic rings. The fraction of sp³-hybridized carbons (Fsp3) is 0.435. The first-order chi connectivity index (χ1) is 15.1. The highest BCUT2D eigenvalue weighted by atomic mass is 19.4. The number of nitrogens with zero attached hydrogens (tertiary/aromatic N) is 1. The quantitative estimate of drug-likeness (QED) is 0.728. The number of H-pyrrole nitrogens is 1. The Morgan fingerprint density at radius 2 is 1.97 bits per heavy atom. The number of nitrogens with one attached hydrogen (secondary N) is 2. The maximum absolute atomic E-state index is 13.3. The van der Waals surface area contributed by atoms with Crippen molar-refractivity contribution in [2.75, 3.05) is 13.1 Å². The molecule has 6 nitrogen and oxygen atoms in total. The van der Waals surface area contributed by atoms with Crippen LogP contribution in [0, 0.1) is 6.92 Å². The Morgan fingerprint density at radius 3 is 2.62 bits per heavy atom. The van der Waals surface area contributed by atoms with E-state index in [2.05, 4.69) is 10.3 Å². The Hall–Kier alpha value is -3.10. The van der Waals surface area contributed by atoms with Crippen LogP contribution >= 0.6 is 0 Å². The second-order valence-corrected chi connectivity index (χ2v) is 8.35. The Morgan fingerprint density at radius 1 is 1.19 bits per heavy atom. The number of Topliss-reactive ketones (excluding diaryl/α,β-unsaturated/α-hetero) is 1. The maximum Gasteiger partial charge on any atom is 0.416 e. The first kappa shape index (κ1) is 22.1. The lowest BCUT2D eigenvalue weighted by molar-refractivity contribution is -0.137. The number of rotatable bonds is 5. The number of ketones is 1. The molecule has 1 aliphatic heterocycles. The van der Waals surface area contributed by atoms with Gasteiger partial charge in [-0.3, -0.25) is 14.4 Å². The van der Waals surface area contributed by atoms with E-state index < -0.39 is 23.7 Å². The first-order valence-corrected chi connectivity index (χ1v) is 10.7. The lowest BCUT2D eigenvalue weighted by Crippen LogP contribution is -2.39. The number of aromatic amines is 1. The number of carbonyl (C=O) groups excluding carboxylic acids is 3. The molecule has 2 heterocycles. The summed E-state index contributed by atoms with van der Waals surface area (Å²) in [5.41, 5.74) is 1.47. The molecule has 2 amide bonds. The molecule has 2 aliphatic rings. The topological polar surface area (TPSA) is 82.3 Å². The molecule has 1 aliphatic carbocycles. The molecule has 1 saturated heterocycles. The minimum Gasteiger partial charge on any atom is -0.354 e. The monoisotopic (exact) mass is 447 g/mol. The Balaban J connectivity index is 1.64. The van der Waals surface area contributed by atoms with Crippen molar-refractivity contribution >= 4 is 17.6 Å². The van der Waals surface area contributed by atoms with E-state index in [1.165, 1.54) is 12.1 Å². The number of aromatic nitrogens is 1. The summed E-state index contributed by atoms with van der Waals surface area (Å²) < 4.78 is 39.8. The normalized spacial score (nSPS) is 17.4. The number of hydrogen-bond acceptors (Lipinski definition) is 3. The molecule has 170 valence electrons. The van der Waals surface area contributed by atoms with Gasteiger partial charge in [-0.2, -0.15) is 13.2 Å². The predicted molar refractivity (Wildman–Crippen MR) is 110 cm³/mol. The second kappa shape index (κ2) is 8.44. The molecule has 1 fully saturated rings. The second-order valence-electron chi connectivity index (χ2n) is 8.35. The molecule has 1 aromatic carbocycles. The highest BCUT2D eigenvalue weighted by Gasteiger charge is 2.33. The summed E-state index contributed by atoms with van der Waals surface area (Å²) in [6.45, 7) is 2.26. The van der Waals surface area contributed by atoms with Gasteiger partial charge >= 0.3 is 6.18 Å². The molecule has 2 N–H and O–H groups in total. The van der Waals surface area contributed by atoms with Crippen LogP contribution in [0.1, 0.15) is 75.0 Å². The van der Waals surface area contributed by atoms with Crippen molar-refractivity contribution in [3.63, 3.8) is 0 Å². The number of likely N-dealkylation sites (tertiary alicyclic amines) is 1. The third kappa shape index (κ3) is 4.28. The number of fused-ring (bicyclic) bond motifs is 1. The van der Waals surface area contributed by atoms with E-state index in [-0.39, 0.29) is 29.5 Å². The summed E-state index contributed by atoms with van der Waals surface area (Å²) in [5.74, 6) is -0.622. The predicted octanol–water partition coefficient (Wildman–Crippen LogP) is 3.95. The highest BCUT2D eigenvalue weighted by Crippen LogP contribution is 2.32. The molecular formula is C23H24F3N3O3. The van der Waals surface area contributed by atoms with E-state index in [0.29, 0.717) is 55.5 Å². The van der Waals surface area contributed by atoms with Crippen molar-refractivity contribution in [1.82, 2.24) is 15.2 Å². The minimum atomic E-state index is -4.52. The van der Waals surface area contributed by atoms with E-state index in [9.17, 15) is 27.6 Å². The van der Waals surface area contributed by atoms with Crippen LogP contribution in [0.25, 0.3) is 0 Å². The van der Waals surface area contributed by atoms with Crippen molar-refractivity contribution in [3.05, 3.63) is 57.9 Å². The number of aryl methyl sites for hydroxylation is 1. The van der Waals surface area contributed by atoms with Gasteiger partial charge in [0.05, 0.1) is 11.6 Å². The van der Waals surface area contributed by atoms with E-state index >= 15 is 0 Å². The largest absolute Gasteiger partial charge is 0.416 e. The van der Waals surface area contributed by atoms with Crippen LogP contribution in [0.3, 0.4) is 0 Å². The summed E-state index contributed by atoms with van der Waals surface area (Å²) in [4.78, 5) is 42.1. The molecule has 4 rings (SSSR count). The summed E-state index contributed by atoms with van der Waals surface area (Å²) in [6, 6.07) is 3.94. The standard InChI is InChI=1S/C23H24F3N3O3/c1-13-20-16(7-3-8-18(20)30)27-21(13)22(32)28-17(12-29-10-4-9-19(29)31)14-5-2-6-15(11-14)23(24,25)26/h2,5-6,11,17,27H,3-4,7-10,12H2,1H3,(H,28,32). The lowest BCUT2D eigenvalue weighted by atomic mass is 9.93. The highest BCUT2D eigenvalue weighted by molar-refractivity contribution is 6.04. The molecular weight excluding hydrogens is 423 g/mol. The van der Waals surface area contributed by atoms with Gasteiger partial charge in [-0.15, -0.1) is 0 Å². The Kier molecular flexibility index (Phi) is 5.83. The number of benzene rings is 1. The summed E-state index contributed by atoms with van der Waals surface area (Å²) >= 11 is 0. The molecule has 1 atom stereocenters. The van der Waals surface area contributed by atoms with Crippen LogP contribution in [-0.2, 0) is 17.4 Å². The lowest BCUT2D eigenvalue weighted by Gasteiger charge is -2.26. The molecule has 0 saturated carbocycles. The van der Waals surface area contributed by atoms with Crippen LogP contribution in [-0.4, -0.2) is 40.6 Å². The zero-order valence-corrected chi connectivity index (χ0v) is 17.6. The van der Waals surface area contributed by atoms with Gasteiger partial charge in [-0.25, -0.2) is 0 Å². The number of halogens is 3. The smallest absolute Gasteiger partial charge is 0.354 e. The van der Waals surface area contributed by atoms with Crippen LogP contribution in [0.5, 0.6) is 0 Å². The van der Waals surface area contributed by atoms with Crippen molar-refractivity contribution in [1.29, 1.82) is 0 Å². The average molecular weight is 447 g/mol. The number of alkyl halides is 3. The Labute approximate surface area is 183 Å². The maximum atomic E-state index is 13.3. The molecule has 9 heteroatoms. The van der Waals surface area contributed by atoms with Crippen molar-refractivity contribution in [2.45, 2.75) is 51.2 Å². The summed E-state index contributed by atoms with van der Waals surface area (Å²) in [6.07, 6.45) is -1.67.